The second kappa shape index (κ2) is 11.0. The molecule has 1 aliphatic heterocycles. The molecule has 5 rings (SSSR count). The van der Waals surface area contributed by atoms with Crippen LogP contribution < -0.4 is 4.72 Å². The average Bonchev–Trinajstić information content (AvgIpc) is 3.38. The van der Waals surface area contributed by atoms with Crippen molar-refractivity contribution in [2.24, 2.45) is 0 Å². The fraction of sp³-hybridized carbons (Fsp3) is 0.233. The zero-order chi connectivity index (χ0) is 26.7. The summed E-state index contributed by atoms with van der Waals surface area (Å²) in [5.41, 5.74) is 8.40. The summed E-state index contributed by atoms with van der Waals surface area (Å²) < 4.78 is 40.3. The van der Waals surface area contributed by atoms with Crippen LogP contribution >= 0.6 is 0 Å². The fourth-order valence-corrected chi connectivity index (χ4v) is 6.01. The van der Waals surface area contributed by atoms with E-state index >= 15 is 0 Å². The lowest BCUT2D eigenvalue weighted by atomic mass is 9.92. The maximum absolute atomic E-state index is 13.6. The van der Waals surface area contributed by atoms with Gasteiger partial charge >= 0.3 is 0 Å². The van der Waals surface area contributed by atoms with Gasteiger partial charge < -0.3 is 4.98 Å². The Labute approximate surface area is 223 Å². The lowest BCUT2D eigenvalue weighted by Crippen LogP contribution is -2.30. The van der Waals surface area contributed by atoms with E-state index < -0.39 is 10.0 Å². The number of sulfonamides is 1. The van der Waals surface area contributed by atoms with Crippen LogP contribution in [0.4, 0.5) is 4.39 Å². The third kappa shape index (κ3) is 5.48. The fourth-order valence-electron chi connectivity index (χ4n) is 5.06. The highest BCUT2D eigenvalue weighted by atomic mass is 32.2. The van der Waals surface area contributed by atoms with E-state index in [0.29, 0.717) is 4.90 Å². The van der Waals surface area contributed by atoms with Crippen molar-refractivity contribution >= 4 is 15.6 Å². The summed E-state index contributed by atoms with van der Waals surface area (Å²) in [6, 6.07) is 16.1. The highest BCUT2D eigenvalue weighted by molar-refractivity contribution is 7.89. The van der Waals surface area contributed by atoms with Gasteiger partial charge in [-0.25, -0.2) is 17.5 Å². The normalized spacial score (nSPS) is 14.4. The molecule has 4 aromatic rings. The quantitative estimate of drug-likeness (QED) is 0.318. The number of aryl methyl sites for hydroxylation is 1. The van der Waals surface area contributed by atoms with E-state index in [0.717, 1.165) is 71.6 Å². The molecule has 2 N–H and O–H groups in total. The molecule has 0 saturated carbocycles. The van der Waals surface area contributed by atoms with Gasteiger partial charge in [-0.1, -0.05) is 18.2 Å². The molecule has 3 heterocycles. The molecule has 6 nitrogen and oxygen atoms in total. The van der Waals surface area contributed by atoms with Gasteiger partial charge in [-0.2, -0.15) is 0 Å². The SMILES string of the molecule is CNS(=O)(=O)c1ccc(CCN2CC=C(c3c[nH]c(-c4ccc(F)cc4)c3-c3ccncc3)CC2)cc1C. The molecule has 0 bridgehead atoms. The van der Waals surface area contributed by atoms with Gasteiger partial charge in [0.1, 0.15) is 5.82 Å². The zero-order valence-corrected chi connectivity index (χ0v) is 22.4. The van der Waals surface area contributed by atoms with Crippen LogP contribution in [0.3, 0.4) is 0 Å². The second-order valence-corrected chi connectivity index (χ2v) is 11.4. The highest BCUT2D eigenvalue weighted by Gasteiger charge is 2.21. The van der Waals surface area contributed by atoms with Crippen LogP contribution in [0.5, 0.6) is 0 Å². The number of hydrogen-bond acceptors (Lipinski definition) is 4. The first-order valence-corrected chi connectivity index (χ1v) is 14.2. The first kappa shape index (κ1) is 26.0. The molecule has 38 heavy (non-hydrogen) atoms. The van der Waals surface area contributed by atoms with Gasteiger partial charge in [0.25, 0.3) is 0 Å². The number of aromatic amines is 1. The van der Waals surface area contributed by atoms with E-state index in [-0.39, 0.29) is 5.82 Å². The van der Waals surface area contributed by atoms with Crippen LogP contribution in [0.1, 0.15) is 23.1 Å². The van der Waals surface area contributed by atoms with Gasteiger partial charge in [-0.05, 0) is 97.1 Å². The standard InChI is InChI=1S/C30H31FN4O2S/c1-21-19-22(3-8-28(21)38(36,37)32-2)11-16-35-17-12-23(13-18-35)27-20-34-30(25-4-6-26(31)7-5-25)29(27)24-9-14-33-15-10-24/h3-10,12,14-15,19-20,32,34H,11,13,16-18H2,1-2H3. The minimum atomic E-state index is -3.45. The van der Waals surface area contributed by atoms with E-state index in [1.54, 1.807) is 30.6 Å². The number of hydrogen-bond donors (Lipinski definition) is 2. The molecule has 2 aromatic carbocycles. The summed E-state index contributed by atoms with van der Waals surface area (Å²) in [5, 5.41) is 0. The first-order chi connectivity index (χ1) is 18.4. The maximum atomic E-state index is 13.6. The molecule has 8 heteroatoms. The molecule has 0 atom stereocenters. The minimum absolute atomic E-state index is 0.254. The second-order valence-electron chi connectivity index (χ2n) is 9.53. The molecule has 0 spiro atoms. The Hall–Kier alpha value is -3.59. The molecule has 1 aliphatic rings. The molecule has 0 fully saturated rings. The summed E-state index contributed by atoms with van der Waals surface area (Å²) in [7, 11) is -2.02. The average molecular weight is 531 g/mol. The van der Waals surface area contributed by atoms with E-state index in [4.69, 9.17) is 0 Å². The Balaban J connectivity index is 1.33. The first-order valence-electron chi connectivity index (χ1n) is 12.7. The summed E-state index contributed by atoms with van der Waals surface area (Å²) >= 11 is 0. The Bertz CT molecular complexity index is 1560. The van der Waals surface area contributed by atoms with Crippen molar-refractivity contribution in [3.05, 3.63) is 102 Å². The van der Waals surface area contributed by atoms with Crippen molar-refractivity contribution in [1.82, 2.24) is 19.6 Å². The third-order valence-electron chi connectivity index (χ3n) is 7.14. The lowest BCUT2D eigenvalue weighted by Gasteiger charge is -2.26. The van der Waals surface area contributed by atoms with E-state index in [1.807, 2.05) is 31.2 Å². The van der Waals surface area contributed by atoms with Crippen LogP contribution in [0, 0.1) is 12.7 Å². The Kier molecular flexibility index (Phi) is 7.56. The molecule has 0 unspecified atom stereocenters. The molecular weight excluding hydrogens is 499 g/mol. The number of aromatic nitrogens is 2. The predicted molar refractivity (Wildman–Crippen MR) is 150 cm³/mol. The summed E-state index contributed by atoms with van der Waals surface area (Å²) in [6.45, 7) is 4.50. The van der Waals surface area contributed by atoms with Crippen molar-refractivity contribution in [3.63, 3.8) is 0 Å². The van der Waals surface area contributed by atoms with E-state index in [1.165, 1.54) is 24.8 Å². The largest absolute Gasteiger partial charge is 0.360 e. The van der Waals surface area contributed by atoms with Gasteiger partial charge in [-0.15, -0.1) is 0 Å². The molecule has 196 valence electrons. The summed E-state index contributed by atoms with van der Waals surface area (Å²) in [6.07, 6.45) is 9.70. The van der Waals surface area contributed by atoms with Crippen molar-refractivity contribution in [3.8, 4) is 22.4 Å². The van der Waals surface area contributed by atoms with E-state index in [9.17, 15) is 12.8 Å². The van der Waals surface area contributed by atoms with Gasteiger partial charge in [0.2, 0.25) is 10.0 Å². The molecule has 0 amide bonds. The highest BCUT2D eigenvalue weighted by Crippen LogP contribution is 2.39. The van der Waals surface area contributed by atoms with Crippen molar-refractivity contribution in [2.75, 3.05) is 26.7 Å². The van der Waals surface area contributed by atoms with Gasteiger partial charge in [0, 0.05) is 49.4 Å². The number of halogens is 1. The van der Waals surface area contributed by atoms with Crippen LogP contribution in [0.2, 0.25) is 0 Å². The van der Waals surface area contributed by atoms with Gasteiger partial charge in [0.05, 0.1) is 10.6 Å². The molecule has 2 aromatic heterocycles. The number of benzene rings is 2. The zero-order valence-electron chi connectivity index (χ0n) is 21.5. The van der Waals surface area contributed by atoms with Crippen LogP contribution in [-0.4, -0.2) is 50.0 Å². The van der Waals surface area contributed by atoms with Crippen LogP contribution in [0.15, 0.2) is 84.2 Å². The van der Waals surface area contributed by atoms with Crippen molar-refractivity contribution < 1.29 is 12.8 Å². The van der Waals surface area contributed by atoms with E-state index in [2.05, 4.69) is 31.9 Å². The Morgan fingerprint density at radius 1 is 1.05 bits per heavy atom. The van der Waals surface area contributed by atoms with Gasteiger partial charge in [-0.3, -0.25) is 9.88 Å². The summed E-state index contributed by atoms with van der Waals surface area (Å²) in [4.78, 5) is 10.4. The Morgan fingerprint density at radius 2 is 1.82 bits per heavy atom. The third-order valence-corrected chi connectivity index (χ3v) is 8.71. The molecular formula is C30H31FN4O2S. The number of nitrogens with one attached hydrogen (secondary N) is 2. The number of pyridine rings is 1. The van der Waals surface area contributed by atoms with Crippen molar-refractivity contribution in [2.45, 2.75) is 24.7 Å². The van der Waals surface area contributed by atoms with Crippen molar-refractivity contribution in [1.29, 1.82) is 0 Å². The lowest BCUT2D eigenvalue weighted by molar-refractivity contribution is 0.306. The minimum Gasteiger partial charge on any atom is -0.360 e. The number of nitrogens with zero attached hydrogens (tertiary/aromatic N) is 2. The van der Waals surface area contributed by atoms with Crippen LogP contribution in [0.25, 0.3) is 28.0 Å². The Morgan fingerprint density at radius 3 is 2.47 bits per heavy atom. The topological polar surface area (TPSA) is 78.1 Å². The molecule has 0 aliphatic carbocycles. The molecule has 0 radical (unpaired) electrons. The van der Waals surface area contributed by atoms with Gasteiger partial charge in [0.15, 0.2) is 0 Å². The van der Waals surface area contributed by atoms with Crippen LogP contribution in [-0.2, 0) is 16.4 Å². The predicted octanol–water partition coefficient (Wildman–Crippen LogP) is 5.43. The number of rotatable bonds is 8. The smallest absolute Gasteiger partial charge is 0.240 e. The monoisotopic (exact) mass is 530 g/mol. The maximum Gasteiger partial charge on any atom is 0.240 e. The number of H-pyrrole nitrogens is 1. The summed E-state index contributed by atoms with van der Waals surface area (Å²) in [5.74, 6) is -0.254. The molecule has 0 saturated heterocycles.